The summed E-state index contributed by atoms with van der Waals surface area (Å²) in [6, 6.07) is 2.93. The highest BCUT2D eigenvalue weighted by Gasteiger charge is 2.25. The van der Waals surface area contributed by atoms with Crippen LogP contribution < -0.4 is 9.47 Å². The number of hydrogen-bond donors (Lipinski definition) is 0. The highest BCUT2D eigenvalue weighted by atomic mass is 16.5. The Morgan fingerprint density at radius 3 is 1.94 bits per heavy atom. The van der Waals surface area contributed by atoms with Crippen LogP contribution >= 0.6 is 0 Å². The number of carbonyl (C=O) groups excluding carboxylic acids is 2. The standard InChI is InChI=1S/C12H14O6/c1-15-8-6-5-7(11(13)17-3)10(16-2)9(8)12(14)18-4/h5-6H,1-4H3. The van der Waals surface area contributed by atoms with Gasteiger partial charge in [-0.2, -0.15) is 0 Å². The van der Waals surface area contributed by atoms with E-state index in [4.69, 9.17) is 9.47 Å². The smallest absolute Gasteiger partial charge is 0.345 e. The Balaban J connectivity index is 3.51. The van der Waals surface area contributed by atoms with Crippen molar-refractivity contribution in [1.82, 2.24) is 0 Å². The zero-order valence-electron chi connectivity index (χ0n) is 10.6. The minimum Gasteiger partial charge on any atom is -0.496 e. The molecule has 0 radical (unpaired) electrons. The van der Waals surface area contributed by atoms with E-state index in [1.165, 1.54) is 40.6 Å². The molecule has 0 aliphatic heterocycles. The van der Waals surface area contributed by atoms with Crippen LogP contribution in [-0.4, -0.2) is 40.4 Å². The van der Waals surface area contributed by atoms with E-state index < -0.39 is 11.9 Å². The molecule has 0 fully saturated rings. The second kappa shape index (κ2) is 5.90. The third kappa shape index (κ3) is 2.37. The highest BCUT2D eigenvalue weighted by molar-refractivity contribution is 6.02. The van der Waals surface area contributed by atoms with Gasteiger partial charge in [-0.15, -0.1) is 0 Å². The Hall–Kier alpha value is -2.24. The van der Waals surface area contributed by atoms with Crippen LogP contribution in [0.15, 0.2) is 12.1 Å². The Kier molecular flexibility index (Phi) is 4.53. The summed E-state index contributed by atoms with van der Waals surface area (Å²) in [6.45, 7) is 0. The van der Waals surface area contributed by atoms with Crippen molar-refractivity contribution >= 4 is 11.9 Å². The van der Waals surface area contributed by atoms with E-state index in [-0.39, 0.29) is 22.6 Å². The first-order valence-electron chi connectivity index (χ1n) is 5.02. The van der Waals surface area contributed by atoms with Gasteiger partial charge in [0.25, 0.3) is 0 Å². The number of ether oxygens (including phenoxy) is 4. The molecule has 0 unspecified atom stereocenters. The van der Waals surface area contributed by atoms with Crippen molar-refractivity contribution in [2.75, 3.05) is 28.4 Å². The summed E-state index contributed by atoms with van der Waals surface area (Å²) in [5.41, 5.74) is 0.173. The fourth-order valence-electron chi connectivity index (χ4n) is 1.51. The summed E-state index contributed by atoms with van der Waals surface area (Å²) in [5, 5.41) is 0. The molecule has 0 saturated carbocycles. The van der Waals surface area contributed by atoms with Crippen molar-refractivity contribution in [2.45, 2.75) is 0 Å². The molecular formula is C12H14O6. The van der Waals surface area contributed by atoms with Crippen LogP contribution in [0.1, 0.15) is 20.7 Å². The molecule has 0 aromatic heterocycles. The number of benzene rings is 1. The fourth-order valence-corrected chi connectivity index (χ4v) is 1.51. The van der Waals surface area contributed by atoms with Crippen molar-refractivity contribution in [3.05, 3.63) is 23.3 Å². The lowest BCUT2D eigenvalue weighted by atomic mass is 10.1. The maximum Gasteiger partial charge on any atom is 0.345 e. The molecule has 0 aliphatic rings. The molecule has 0 amide bonds. The van der Waals surface area contributed by atoms with Gasteiger partial charge in [0.1, 0.15) is 16.9 Å². The van der Waals surface area contributed by atoms with E-state index in [0.29, 0.717) is 0 Å². The predicted molar refractivity (Wildman–Crippen MR) is 62.2 cm³/mol. The largest absolute Gasteiger partial charge is 0.496 e. The van der Waals surface area contributed by atoms with E-state index in [2.05, 4.69) is 9.47 Å². The average Bonchev–Trinajstić information content (AvgIpc) is 2.43. The molecule has 0 heterocycles. The normalized spacial score (nSPS) is 9.56. The van der Waals surface area contributed by atoms with Crippen molar-refractivity contribution in [3.8, 4) is 11.5 Å². The first-order valence-corrected chi connectivity index (χ1v) is 5.02. The topological polar surface area (TPSA) is 71.1 Å². The molecule has 0 saturated heterocycles. The molecule has 0 bridgehead atoms. The zero-order chi connectivity index (χ0) is 13.7. The minimum absolute atomic E-state index is 0.0467. The molecule has 0 atom stereocenters. The summed E-state index contributed by atoms with van der Waals surface area (Å²) in [4.78, 5) is 23.3. The summed E-state index contributed by atoms with van der Waals surface area (Å²) < 4.78 is 19.4. The van der Waals surface area contributed by atoms with Crippen molar-refractivity contribution in [1.29, 1.82) is 0 Å². The van der Waals surface area contributed by atoms with Gasteiger partial charge in [-0.05, 0) is 12.1 Å². The average molecular weight is 254 g/mol. The highest BCUT2D eigenvalue weighted by Crippen LogP contribution is 2.33. The van der Waals surface area contributed by atoms with E-state index in [1.54, 1.807) is 0 Å². The number of esters is 2. The van der Waals surface area contributed by atoms with Crippen LogP contribution in [0.4, 0.5) is 0 Å². The monoisotopic (exact) mass is 254 g/mol. The van der Waals surface area contributed by atoms with Crippen LogP contribution in [-0.2, 0) is 9.47 Å². The van der Waals surface area contributed by atoms with Crippen LogP contribution in [0, 0.1) is 0 Å². The number of rotatable bonds is 4. The molecule has 0 N–H and O–H groups in total. The Labute approximate surface area is 104 Å². The third-order valence-corrected chi connectivity index (χ3v) is 2.34. The Morgan fingerprint density at radius 1 is 0.889 bits per heavy atom. The van der Waals surface area contributed by atoms with Gasteiger partial charge >= 0.3 is 11.9 Å². The molecular weight excluding hydrogens is 240 g/mol. The van der Waals surface area contributed by atoms with E-state index >= 15 is 0 Å². The van der Waals surface area contributed by atoms with Gasteiger partial charge in [0.2, 0.25) is 0 Å². The third-order valence-electron chi connectivity index (χ3n) is 2.34. The quantitative estimate of drug-likeness (QED) is 0.754. The van der Waals surface area contributed by atoms with Crippen molar-refractivity contribution in [3.63, 3.8) is 0 Å². The number of hydrogen-bond acceptors (Lipinski definition) is 6. The van der Waals surface area contributed by atoms with Crippen molar-refractivity contribution < 1.29 is 28.5 Å². The van der Waals surface area contributed by atoms with Gasteiger partial charge in [-0.3, -0.25) is 0 Å². The molecule has 6 heteroatoms. The lowest BCUT2D eigenvalue weighted by Crippen LogP contribution is -2.11. The lowest BCUT2D eigenvalue weighted by molar-refractivity contribution is 0.0589. The number of carbonyl (C=O) groups is 2. The van der Waals surface area contributed by atoms with Crippen LogP contribution in [0.5, 0.6) is 11.5 Å². The van der Waals surface area contributed by atoms with Gasteiger partial charge in [0.05, 0.1) is 28.4 Å². The van der Waals surface area contributed by atoms with Crippen molar-refractivity contribution in [2.24, 2.45) is 0 Å². The molecule has 1 aromatic carbocycles. The summed E-state index contributed by atoms with van der Waals surface area (Å²) in [7, 11) is 5.21. The minimum atomic E-state index is -0.658. The second-order valence-corrected chi connectivity index (χ2v) is 3.21. The second-order valence-electron chi connectivity index (χ2n) is 3.21. The van der Waals surface area contributed by atoms with Crippen LogP contribution in [0.3, 0.4) is 0 Å². The molecule has 0 aliphatic carbocycles. The molecule has 98 valence electrons. The zero-order valence-corrected chi connectivity index (χ0v) is 10.6. The maximum absolute atomic E-state index is 11.7. The van der Waals surface area contributed by atoms with Crippen LogP contribution in [0.25, 0.3) is 0 Å². The van der Waals surface area contributed by atoms with E-state index in [0.717, 1.165) is 0 Å². The van der Waals surface area contributed by atoms with E-state index in [9.17, 15) is 9.59 Å². The fraction of sp³-hybridized carbons (Fsp3) is 0.333. The van der Waals surface area contributed by atoms with Gasteiger partial charge in [0, 0.05) is 0 Å². The Morgan fingerprint density at radius 2 is 1.50 bits per heavy atom. The van der Waals surface area contributed by atoms with Gasteiger partial charge in [0.15, 0.2) is 5.75 Å². The summed E-state index contributed by atoms with van der Waals surface area (Å²) in [6.07, 6.45) is 0. The predicted octanol–water partition coefficient (Wildman–Crippen LogP) is 1.28. The van der Waals surface area contributed by atoms with Crippen LogP contribution in [0.2, 0.25) is 0 Å². The Bertz CT molecular complexity index is 466. The molecule has 18 heavy (non-hydrogen) atoms. The molecule has 0 spiro atoms. The SMILES string of the molecule is COC(=O)c1ccc(OC)c(C(=O)OC)c1OC. The molecule has 6 nitrogen and oxygen atoms in total. The number of methoxy groups -OCH3 is 4. The van der Waals surface area contributed by atoms with Gasteiger partial charge in [-0.1, -0.05) is 0 Å². The molecule has 1 aromatic rings. The van der Waals surface area contributed by atoms with Gasteiger partial charge < -0.3 is 18.9 Å². The first kappa shape index (κ1) is 13.8. The molecule has 1 rings (SSSR count). The lowest BCUT2D eigenvalue weighted by Gasteiger charge is -2.14. The first-order chi connectivity index (χ1) is 8.60. The van der Waals surface area contributed by atoms with Gasteiger partial charge in [-0.25, -0.2) is 9.59 Å². The summed E-state index contributed by atoms with van der Waals surface area (Å²) in [5.74, 6) is -0.950. The van der Waals surface area contributed by atoms with E-state index in [1.807, 2.05) is 0 Å². The maximum atomic E-state index is 11.7. The summed E-state index contributed by atoms with van der Waals surface area (Å²) >= 11 is 0.